The fourth-order valence-corrected chi connectivity index (χ4v) is 1.56. The SMILES string of the molecule is C[n+]1ccn(CCCS(=O)(=O)O)c1.[Ag]. The average Bonchev–Trinajstić information content (AvgIpc) is 2.33. The first-order valence-electron chi connectivity index (χ1n) is 3.93. The molecule has 0 unspecified atom stereocenters. The van der Waals surface area contributed by atoms with E-state index in [0.29, 0.717) is 13.0 Å². The van der Waals surface area contributed by atoms with E-state index in [4.69, 9.17) is 4.55 Å². The van der Waals surface area contributed by atoms with Crippen LogP contribution in [0.2, 0.25) is 0 Å². The second kappa shape index (κ2) is 5.67. The Morgan fingerprint density at radius 1 is 1.50 bits per heavy atom. The maximum Gasteiger partial charge on any atom is 0.265 e. The molecular weight excluding hydrogens is 300 g/mol. The van der Waals surface area contributed by atoms with Gasteiger partial charge >= 0.3 is 0 Å². The van der Waals surface area contributed by atoms with Crippen LogP contribution in [-0.2, 0) is 46.1 Å². The Morgan fingerprint density at radius 3 is 2.57 bits per heavy atom. The molecular formula is C7H13AgN2O3S+. The molecule has 0 atom stereocenters. The third-order valence-electron chi connectivity index (χ3n) is 1.64. The molecule has 85 valence electrons. The largest absolute Gasteiger partial charge is 0.286 e. The molecule has 0 fully saturated rings. The number of hydrogen-bond donors (Lipinski definition) is 1. The van der Waals surface area contributed by atoms with Crippen molar-refractivity contribution in [3.8, 4) is 0 Å². The fraction of sp³-hybridized carbons (Fsp3) is 0.571. The average molecular weight is 313 g/mol. The Kier molecular flexibility index (Phi) is 5.61. The van der Waals surface area contributed by atoms with Crippen LogP contribution >= 0.6 is 0 Å². The summed E-state index contributed by atoms with van der Waals surface area (Å²) in [5, 5.41) is 0. The van der Waals surface area contributed by atoms with E-state index in [1.54, 1.807) is 0 Å². The van der Waals surface area contributed by atoms with Crippen LogP contribution in [-0.4, -0.2) is 23.3 Å². The molecule has 1 aromatic heterocycles. The predicted octanol–water partition coefficient (Wildman–Crippen LogP) is -0.412. The van der Waals surface area contributed by atoms with E-state index >= 15 is 0 Å². The smallest absolute Gasteiger partial charge is 0.265 e. The molecule has 0 bridgehead atoms. The van der Waals surface area contributed by atoms with E-state index in [-0.39, 0.29) is 28.1 Å². The Bertz CT molecular complexity index is 374. The summed E-state index contributed by atoms with van der Waals surface area (Å²) in [4.78, 5) is 0. The minimum atomic E-state index is -3.81. The molecule has 14 heavy (non-hydrogen) atoms. The van der Waals surface area contributed by atoms with E-state index in [2.05, 4.69) is 0 Å². The maximum atomic E-state index is 10.4. The molecule has 1 aromatic rings. The number of aromatic nitrogens is 2. The van der Waals surface area contributed by atoms with Gasteiger partial charge < -0.3 is 0 Å². The van der Waals surface area contributed by atoms with Crippen LogP contribution in [0.1, 0.15) is 6.42 Å². The van der Waals surface area contributed by atoms with Gasteiger partial charge in [-0.05, 0) is 0 Å². The van der Waals surface area contributed by atoms with Crippen molar-refractivity contribution in [1.82, 2.24) is 4.57 Å². The first-order valence-corrected chi connectivity index (χ1v) is 5.54. The fourth-order valence-electron chi connectivity index (χ4n) is 1.06. The van der Waals surface area contributed by atoms with Crippen LogP contribution in [0.3, 0.4) is 0 Å². The van der Waals surface area contributed by atoms with Gasteiger partial charge in [-0.1, -0.05) is 0 Å². The summed E-state index contributed by atoms with van der Waals surface area (Å²) in [7, 11) is -1.92. The van der Waals surface area contributed by atoms with Crippen molar-refractivity contribution in [2.75, 3.05) is 5.75 Å². The predicted molar refractivity (Wildman–Crippen MR) is 46.6 cm³/mol. The molecule has 0 aliphatic carbocycles. The molecule has 0 saturated heterocycles. The van der Waals surface area contributed by atoms with Crippen molar-refractivity contribution in [2.24, 2.45) is 7.05 Å². The number of hydrogen-bond acceptors (Lipinski definition) is 2. The van der Waals surface area contributed by atoms with Crippen LogP contribution in [0.15, 0.2) is 18.7 Å². The molecule has 1 N–H and O–H groups in total. The van der Waals surface area contributed by atoms with Crippen LogP contribution in [0, 0.1) is 0 Å². The maximum absolute atomic E-state index is 10.4. The number of nitrogens with zero attached hydrogens (tertiary/aromatic N) is 2. The summed E-state index contributed by atoms with van der Waals surface area (Å²) in [6.45, 7) is 0.598. The van der Waals surface area contributed by atoms with Gasteiger partial charge in [0.2, 0.25) is 6.33 Å². The molecule has 0 aliphatic rings. The van der Waals surface area contributed by atoms with Gasteiger partial charge in [0, 0.05) is 28.8 Å². The summed E-state index contributed by atoms with van der Waals surface area (Å²) in [5.74, 6) is -0.186. The van der Waals surface area contributed by atoms with Gasteiger partial charge in [-0.25, -0.2) is 9.13 Å². The molecule has 0 aliphatic heterocycles. The van der Waals surface area contributed by atoms with Crippen LogP contribution in [0.5, 0.6) is 0 Å². The number of imidazole rings is 1. The van der Waals surface area contributed by atoms with Crippen LogP contribution < -0.4 is 4.57 Å². The van der Waals surface area contributed by atoms with E-state index < -0.39 is 10.1 Å². The third kappa shape index (κ3) is 5.56. The quantitative estimate of drug-likeness (QED) is 0.467. The Hall–Kier alpha value is -0.140. The van der Waals surface area contributed by atoms with Crippen molar-refractivity contribution in [1.29, 1.82) is 0 Å². The van der Waals surface area contributed by atoms with Crippen molar-refractivity contribution < 1.29 is 39.9 Å². The van der Waals surface area contributed by atoms with Gasteiger partial charge in [-0.2, -0.15) is 8.42 Å². The van der Waals surface area contributed by atoms with Crippen molar-refractivity contribution in [3.63, 3.8) is 0 Å². The first kappa shape index (κ1) is 13.9. The van der Waals surface area contributed by atoms with E-state index in [1.807, 2.05) is 34.9 Å². The molecule has 0 saturated carbocycles. The minimum Gasteiger partial charge on any atom is -0.286 e. The van der Waals surface area contributed by atoms with Crippen LogP contribution in [0.4, 0.5) is 0 Å². The Morgan fingerprint density at radius 2 is 2.14 bits per heavy atom. The molecule has 1 rings (SSSR count). The van der Waals surface area contributed by atoms with Crippen molar-refractivity contribution >= 4 is 10.1 Å². The van der Waals surface area contributed by atoms with Crippen LogP contribution in [0.25, 0.3) is 0 Å². The third-order valence-corrected chi connectivity index (χ3v) is 2.45. The van der Waals surface area contributed by atoms with E-state index in [0.717, 1.165) is 0 Å². The summed E-state index contributed by atoms with van der Waals surface area (Å²) >= 11 is 0. The zero-order valence-electron chi connectivity index (χ0n) is 7.72. The van der Waals surface area contributed by atoms with Gasteiger partial charge in [0.1, 0.15) is 12.4 Å². The molecule has 0 amide bonds. The minimum absolute atomic E-state index is 0. The van der Waals surface area contributed by atoms with Gasteiger partial charge in [0.05, 0.1) is 19.3 Å². The zero-order valence-corrected chi connectivity index (χ0v) is 10.0. The monoisotopic (exact) mass is 312 g/mol. The Balaban J connectivity index is 0.00000169. The molecule has 1 radical (unpaired) electrons. The molecule has 0 spiro atoms. The molecule has 0 aromatic carbocycles. The van der Waals surface area contributed by atoms with E-state index in [1.165, 1.54) is 0 Å². The second-order valence-electron chi connectivity index (χ2n) is 2.96. The van der Waals surface area contributed by atoms with Crippen molar-refractivity contribution in [2.45, 2.75) is 13.0 Å². The second-order valence-corrected chi connectivity index (χ2v) is 4.53. The number of aryl methyl sites for hydroxylation is 2. The Labute approximate surface area is 99.0 Å². The van der Waals surface area contributed by atoms with Gasteiger partial charge in [0.15, 0.2) is 0 Å². The van der Waals surface area contributed by atoms with Gasteiger partial charge in [-0.15, -0.1) is 0 Å². The molecule has 1 heterocycles. The van der Waals surface area contributed by atoms with Gasteiger partial charge in [-0.3, -0.25) is 4.55 Å². The van der Waals surface area contributed by atoms with Crippen molar-refractivity contribution in [3.05, 3.63) is 18.7 Å². The molecule has 5 nitrogen and oxygen atoms in total. The molecule has 7 heteroatoms. The zero-order chi connectivity index (χ0) is 9.90. The first-order chi connectivity index (χ1) is 5.97. The summed E-state index contributed by atoms with van der Waals surface area (Å²) in [5.41, 5.74) is 0. The van der Waals surface area contributed by atoms with Gasteiger partial charge in [0.25, 0.3) is 10.1 Å². The standard InChI is InChI=1S/C7H12N2O3S.Ag/c1-8-4-5-9(7-8)3-2-6-13(10,11)12;/h4-5,7H,2-3,6H2,1H3;/p+1. The van der Waals surface area contributed by atoms with E-state index in [9.17, 15) is 8.42 Å². The normalized spacial score (nSPS) is 11.0. The summed E-state index contributed by atoms with van der Waals surface area (Å²) < 4.78 is 32.9. The summed E-state index contributed by atoms with van der Waals surface area (Å²) in [6, 6.07) is 0. The number of rotatable bonds is 4. The summed E-state index contributed by atoms with van der Waals surface area (Å²) in [6.07, 6.45) is 5.99. The topological polar surface area (TPSA) is 63.2 Å².